The van der Waals surface area contributed by atoms with E-state index in [1.165, 1.54) is 11.3 Å². The molecule has 1 aromatic rings. The number of carbonyl (C=O) groups excluding carboxylic acids is 2. The lowest BCUT2D eigenvalue weighted by atomic mass is 9.95. The molecule has 0 aliphatic carbocycles. The predicted octanol–water partition coefficient (Wildman–Crippen LogP) is 3.54. The number of piperidine rings is 1. The third-order valence-electron chi connectivity index (χ3n) is 4.45. The molecule has 1 unspecified atom stereocenters. The molecule has 128 valence electrons. The van der Waals surface area contributed by atoms with Crippen molar-refractivity contribution in [3.63, 3.8) is 0 Å². The number of hydrogen-bond donors (Lipinski definition) is 1. The number of amides is 2. The topological polar surface area (TPSA) is 49.4 Å². The highest BCUT2D eigenvalue weighted by Crippen LogP contribution is 2.21. The van der Waals surface area contributed by atoms with Crippen molar-refractivity contribution in [2.24, 2.45) is 11.8 Å². The molecule has 2 rings (SSSR count). The summed E-state index contributed by atoms with van der Waals surface area (Å²) < 4.78 is 0. The summed E-state index contributed by atoms with van der Waals surface area (Å²) in [6.45, 7) is 7.84. The van der Waals surface area contributed by atoms with Crippen LogP contribution in [0.3, 0.4) is 0 Å². The molecular formula is C18H28N2O2S. The SMILES string of the molecule is CC(C)CCC(C)NC(=O)C1CCN(C(=O)c2cccs2)CC1. The average Bonchev–Trinajstić information content (AvgIpc) is 3.06. The minimum absolute atomic E-state index is 0.0453. The predicted molar refractivity (Wildman–Crippen MR) is 94.6 cm³/mol. The first kappa shape index (κ1) is 18.0. The van der Waals surface area contributed by atoms with Crippen LogP contribution in [0.25, 0.3) is 0 Å². The smallest absolute Gasteiger partial charge is 0.263 e. The third-order valence-corrected chi connectivity index (χ3v) is 5.31. The Morgan fingerprint density at radius 2 is 1.96 bits per heavy atom. The Kier molecular flexibility index (Phi) is 6.63. The fourth-order valence-corrected chi connectivity index (χ4v) is 3.61. The first-order valence-corrected chi connectivity index (χ1v) is 9.48. The molecule has 0 spiro atoms. The molecule has 1 aliphatic rings. The molecule has 1 aromatic heterocycles. The van der Waals surface area contributed by atoms with Gasteiger partial charge in [0.25, 0.3) is 5.91 Å². The van der Waals surface area contributed by atoms with Crippen LogP contribution in [-0.4, -0.2) is 35.8 Å². The Hall–Kier alpha value is -1.36. The van der Waals surface area contributed by atoms with Gasteiger partial charge in [-0.1, -0.05) is 19.9 Å². The zero-order valence-corrected chi connectivity index (χ0v) is 15.2. The molecule has 1 fully saturated rings. The minimum Gasteiger partial charge on any atom is -0.353 e. The second kappa shape index (κ2) is 8.48. The highest BCUT2D eigenvalue weighted by Gasteiger charge is 2.28. The van der Waals surface area contributed by atoms with Gasteiger partial charge >= 0.3 is 0 Å². The Bertz CT molecular complexity index is 505. The summed E-state index contributed by atoms with van der Waals surface area (Å²) in [7, 11) is 0. The number of thiophene rings is 1. The van der Waals surface area contributed by atoms with Gasteiger partial charge in [-0.15, -0.1) is 11.3 Å². The van der Waals surface area contributed by atoms with Crippen LogP contribution < -0.4 is 5.32 Å². The molecule has 0 bridgehead atoms. The van der Waals surface area contributed by atoms with Crippen molar-refractivity contribution in [2.75, 3.05) is 13.1 Å². The Morgan fingerprint density at radius 1 is 1.26 bits per heavy atom. The fraction of sp³-hybridized carbons (Fsp3) is 0.667. The van der Waals surface area contributed by atoms with E-state index in [9.17, 15) is 9.59 Å². The van der Waals surface area contributed by atoms with E-state index in [1.807, 2.05) is 22.4 Å². The molecule has 0 saturated carbocycles. The van der Waals surface area contributed by atoms with Crippen LogP contribution in [0.15, 0.2) is 17.5 Å². The van der Waals surface area contributed by atoms with Gasteiger partial charge in [-0.3, -0.25) is 9.59 Å². The number of nitrogens with one attached hydrogen (secondary N) is 1. The Labute approximate surface area is 143 Å². The van der Waals surface area contributed by atoms with Crippen molar-refractivity contribution >= 4 is 23.2 Å². The molecule has 5 heteroatoms. The molecule has 4 nitrogen and oxygen atoms in total. The van der Waals surface area contributed by atoms with Crippen molar-refractivity contribution in [3.8, 4) is 0 Å². The summed E-state index contributed by atoms with van der Waals surface area (Å²) in [5, 5.41) is 5.06. The van der Waals surface area contributed by atoms with Gasteiger partial charge in [0, 0.05) is 25.0 Å². The van der Waals surface area contributed by atoms with Gasteiger partial charge < -0.3 is 10.2 Å². The largest absolute Gasteiger partial charge is 0.353 e. The highest BCUT2D eigenvalue weighted by molar-refractivity contribution is 7.12. The average molecular weight is 337 g/mol. The number of hydrogen-bond acceptors (Lipinski definition) is 3. The molecule has 1 N–H and O–H groups in total. The normalized spacial score (nSPS) is 17.3. The van der Waals surface area contributed by atoms with Crippen LogP contribution >= 0.6 is 11.3 Å². The lowest BCUT2D eigenvalue weighted by Gasteiger charge is -2.31. The summed E-state index contributed by atoms with van der Waals surface area (Å²) >= 11 is 1.48. The number of rotatable bonds is 6. The molecule has 23 heavy (non-hydrogen) atoms. The van der Waals surface area contributed by atoms with Gasteiger partial charge in [0.2, 0.25) is 5.91 Å². The van der Waals surface area contributed by atoms with Crippen molar-refractivity contribution in [1.29, 1.82) is 0 Å². The number of nitrogens with zero attached hydrogens (tertiary/aromatic N) is 1. The van der Waals surface area contributed by atoms with Crippen LogP contribution in [0.1, 0.15) is 56.1 Å². The van der Waals surface area contributed by atoms with Gasteiger partial charge in [-0.05, 0) is 50.0 Å². The maximum atomic E-state index is 12.3. The van der Waals surface area contributed by atoms with Gasteiger partial charge in [-0.2, -0.15) is 0 Å². The van der Waals surface area contributed by atoms with E-state index in [1.54, 1.807) is 0 Å². The summed E-state index contributed by atoms with van der Waals surface area (Å²) in [4.78, 5) is 27.3. The summed E-state index contributed by atoms with van der Waals surface area (Å²) in [5.41, 5.74) is 0. The van der Waals surface area contributed by atoms with E-state index in [2.05, 4.69) is 26.1 Å². The summed E-state index contributed by atoms with van der Waals surface area (Å²) in [6.07, 6.45) is 3.69. The second-order valence-corrected chi connectivity index (χ2v) is 7.87. The van der Waals surface area contributed by atoms with Crippen molar-refractivity contribution in [2.45, 2.75) is 52.5 Å². The molecule has 1 saturated heterocycles. The molecule has 2 heterocycles. The van der Waals surface area contributed by atoms with Crippen LogP contribution in [0.4, 0.5) is 0 Å². The van der Waals surface area contributed by atoms with Gasteiger partial charge in [-0.25, -0.2) is 0 Å². The molecule has 1 atom stereocenters. The van der Waals surface area contributed by atoms with E-state index >= 15 is 0 Å². The second-order valence-electron chi connectivity index (χ2n) is 6.92. The lowest BCUT2D eigenvalue weighted by Crippen LogP contribution is -2.44. The third kappa shape index (κ3) is 5.34. The molecule has 0 radical (unpaired) electrons. The van der Waals surface area contributed by atoms with Crippen LogP contribution in [-0.2, 0) is 4.79 Å². The maximum absolute atomic E-state index is 12.3. The van der Waals surface area contributed by atoms with E-state index < -0.39 is 0 Å². The fourth-order valence-electron chi connectivity index (χ4n) is 2.92. The van der Waals surface area contributed by atoms with Gasteiger partial charge in [0.1, 0.15) is 0 Å². The summed E-state index contributed by atoms with van der Waals surface area (Å²) in [5.74, 6) is 0.971. The molecule has 0 aromatic carbocycles. The van der Waals surface area contributed by atoms with Crippen molar-refractivity contribution in [3.05, 3.63) is 22.4 Å². The minimum atomic E-state index is 0.0453. The Balaban J connectivity index is 1.75. The molecule has 1 aliphatic heterocycles. The number of carbonyl (C=O) groups is 2. The Morgan fingerprint density at radius 3 is 2.52 bits per heavy atom. The quantitative estimate of drug-likeness (QED) is 0.864. The van der Waals surface area contributed by atoms with Gasteiger partial charge in [0.15, 0.2) is 0 Å². The zero-order chi connectivity index (χ0) is 16.8. The van der Waals surface area contributed by atoms with Crippen LogP contribution in [0, 0.1) is 11.8 Å². The summed E-state index contributed by atoms with van der Waals surface area (Å²) in [6, 6.07) is 3.99. The van der Waals surface area contributed by atoms with E-state index in [0.717, 1.165) is 30.6 Å². The van der Waals surface area contributed by atoms with Gasteiger partial charge in [0.05, 0.1) is 4.88 Å². The van der Waals surface area contributed by atoms with E-state index in [4.69, 9.17) is 0 Å². The standard InChI is InChI=1S/C18H28N2O2S/c1-13(2)6-7-14(3)19-17(21)15-8-10-20(11-9-15)18(22)16-5-4-12-23-16/h4-5,12-15H,6-11H2,1-3H3,(H,19,21). The first-order valence-electron chi connectivity index (χ1n) is 8.60. The lowest BCUT2D eigenvalue weighted by molar-refractivity contribution is -0.127. The van der Waals surface area contributed by atoms with E-state index in [0.29, 0.717) is 19.0 Å². The molecular weight excluding hydrogens is 308 g/mol. The number of likely N-dealkylation sites (tertiary alicyclic amines) is 1. The first-order chi connectivity index (χ1) is 11.0. The molecule has 2 amide bonds. The van der Waals surface area contributed by atoms with Crippen molar-refractivity contribution in [1.82, 2.24) is 10.2 Å². The van der Waals surface area contributed by atoms with E-state index in [-0.39, 0.29) is 23.8 Å². The van der Waals surface area contributed by atoms with Crippen LogP contribution in [0.2, 0.25) is 0 Å². The maximum Gasteiger partial charge on any atom is 0.263 e. The van der Waals surface area contributed by atoms with Crippen LogP contribution in [0.5, 0.6) is 0 Å². The highest BCUT2D eigenvalue weighted by atomic mass is 32.1. The monoisotopic (exact) mass is 336 g/mol. The van der Waals surface area contributed by atoms with Crippen molar-refractivity contribution < 1.29 is 9.59 Å². The zero-order valence-electron chi connectivity index (χ0n) is 14.4.